The van der Waals surface area contributed by atoms with Crippen molar-refractivity contribution in [3.63, 3.8) is 0 Å². The van der Waals surface area contributed by atoms with Crippen molar-refractivity contribution in [2.45, 2.75) is 33.6 Å². The average Bonchev–Trinajstić information content (AvgIpc) is 2.67. The Morgan fingerprint density at radius 3 is 2.50 bits per heavy atom. The number of fused-ring (bicyclic) bond motifs is 1. The predicted molar refractivity (Wildman–Crippen MR) is 61.5 cm³/mol. The molecule has 0 fully saturated rings. The van der Waals surface area contributed by atoms with Crippen LogP contribution in [-0.4, -0.2) is 9.97 Å². The molecule has 0 unspecified atom stereocenters. The molecule has 2 nitrogen and oxygen atoms in total. The molecule has 0 atom stereocenters. The van der Waals surface area contributed by atoms with Crippen LogP contribution in [0.3, 0.4) is 0 Å². The van der Waals surface area contributed by atoms with Gasteiger partial charge < -0.3 is 4.98 Å². The number of hydrogen-bond acceptors (Lipinski definition) is 1. The molecule has 0 radical (unpaired) electrons. The summed E-state index contributed by atoms with van der Waals surface area (Å²) < 4.78 is 0. The normalized spacial score (nSPS) is 10.1. The van der Waals surface area contributed by atoms with E-state index in [2.05, 4.69) is 35.9 Å². The molecule has 0 aromatic carbocycles. The molecule has 76 valence electrons. The zero-order valence-electron chi connectivity index (χ0n) is 9.33. The van der Waals surface area contributed by atoms with Crippen LogP contribution < -0.4 is 0 Å². The van der Waals surface area contributed by atoms with Crippen molar-refractivity contribution in [2.75, 3.05) is 0 Å². The third kappa shape index (κ3) is 2.13. The van der Waals surface area contributed by atoms with E-state index in [1.54, 1.807) is 0 Å². The second-order valence-corrected chi connectivity index (χ2v) is 3.31. The molecule has 0 bridgehead atoms. The van der Waals surface area contributed by atoms with E-state index in [9.17, 15) is 0 Å². The Balaban J connectivity index is 0.000000461. The molecule has 0 amide bonds. The van der Waals surface area contributed by atoms with Gasteiger partial charge in [-0.1, -0.05) is 27.7 Å². The van der Waals surface area contributed by atoms with E-state index < -0.39 is 0 Å². The minimum Gasteiger partial charge on any atom is -0.346 e. The smallest absolute Gasteiger partial charge is 0.137 e. The van der Waals surface area contributed by atoms with E-state index in [-0.39, 0.29) is 0 Å². The van der Waals surface area contributed by atoms with Crippen LogP contribution in [0.15, 0.2) is 24.4 Å². The molecule has 2 rings (SSSR count). The monoisotopic (exact) mass is 190 g/mol. The molecule has 2 heteroatoms. The number of H-pyrrole nitrogens is 1. The first-order chi connectivity index (χ1) is 6.77. The SMILES string of the molecule is CC.CC(C)c1ccc2cc[nH]c2n1. The van der Waals surface area contributed by atoms with Crippen molar-refractivity contribution in [3.8, 4) is 0 Å². The molecule has 0 aliphatic carbocycles. The summed E-state index contributed by atoms with van der Waals surface area (Å²) in [6.45, 7) is 8.30. The quantitative estimate of drug-likeness (QED) is 0.729. The Hall–Kier alpha value is -1.31. The topological polar surface area (TPSA) is 28.7 Å². The Bertz CT molecular complexity index is 388. The lowest BCUT2D eigenvalue weighted by molar-refractivity contribution is 0.828. The third-order valence-corrected chi connectivity index (χ3v) is 2.02. The lowest BCUT2D eigenvalue weighted by atomic mass is 10.1. The van der Waals surface area contributed by atoms with Crippen molar-refractivity contribution in [3.05, 3.63) is 30.1 Å². The van der Waals surface area contributed by atoms with Gasteiger partial charge in [0.05, 0.1) is 0 Å². The van der Waals surface area contributed by atoms with Crippen LogP contribution in [-0.2, 0) is 0 Å². The molecule has 2 aromatic heterocycles. The van der Waals surface area contributed by atoms with E-state index in [0.717, 1.165) is 11.3 Å². The molecule has 2 aromatic rings. The van der Waals surface area contributed by atoms with Gasteiger partial charge in [-0.25, -0.2) is 4.98 Å². The van der Waals surface area contributed by atoms with E-state index in [0.29, 0.717) is 5.92 Å². The summed E-state index contributed by atoms with van der Waals surface area (Å²) >= 11 is 0. The molecular formula is C12H18N2. The highest BCUT2D eigenvalue weighted by molar-refractivity contribution is 5.75. The van der Waals surface area contributed by atoms with Crippen LogP contribution in [0.25, 0.3) is 11.0 Å². The second-order valence-electron chi connectivity index (χ2n) is 3.31. The Kier molecular flexibility index (Phi) is 3.69. The van der Waals surface area contributed by atoms with Gasteiger partial charge in [0.2, 0.25) is 0 Å². The van der Waals surface area contributed by atoms with Crippen LogP contribution >= 0.6 is 0 Å². The van der Waals surface area contributed by atoms with E-state index in [1.807, 2.05) is 26.1 Å². The van der Waals surface area contributed by atoms with Crippen molar-refractivity contribution >= 4 is 11.0 Å². The highest BCUT2D eigenvalue weighted by atomic mass is 14.8. The van der Waals surface area contributed by atoms with Gasteiger partial charge in [-0.2, -0.15) is 0 Å². The number of pyridine rings is 1. The van der Waals surface area contributed by atoms with Gasteiger partial charge in [0.25, 0.3) is 0 Å². The second kappa shape index (κ2) is 4.80. The molecule has 0 saturated heterocycles. The van der Waals surface area contributed by atoms with Crippen LogP contribution in [0.5, 0.6) is 0 Å². The van der Waals surface area contributed by atoms with Gasteiger partial charge in [-0.05, 0) is 24.1 Å². The number of nitrogens with zero attached hydrogens (tertiary/aromatic N) is 1. The molecule has 14 heavy (non-hydrogen) atoms. The number of hydrogen-bond donors (Lipinski definition) is 1. The fourth-order valence-electron chi connectivity index (χ4n) is 1.27. The fourth-order valence-corrected chi connectivity index (χ4v) is 1.27. The molecule has 1 N–H and O–H groups in total. The highest BCUT2D eigenvalue weighted by Crippen LogP contribution is 2.15. The van der Waals surface area contributed by atoms with Gasteiger partial charge in [0.1, 0.15) is 5.65 Å². The third-order valence-electron chi connectivity index (χ3n) is 2.02. The Labute approximate surface area is 85.4 Å². The van der Waals surface area contributed by atoms with Crippen molar-refractivity contribution in [1.29, 1.82) is 0 Å². The summed E-state index contributed by atoms with van der Waals surface area (Å²) in [5.74, 6) is 0.498. The van der Waals surface area contributed by atoms with Gasteiger partial charge in [0.15, 0.2) is 0 Å². The summed E-state index contributed by atoms with van der Waals surface area (Å²) in [5.41, 5.74) is 2.13. The summed E-state index contributed by atoms with van der Waals surface area (Å²) in [6.07, 6.45) is 1.92. The zero-order valence-corrected chi connectivity index (χ0v) is 9.33. The summed E-state index contributed by atoms with van der Waals surface area (Å²) in [4.78, 5) is 7.58. The standard InChI is InChI=1S/C10H12N2.C2H6/c1-7(2)9-4-3-8-5-6-11-10(8)12-9;1-2/h3-7H,1-2H3,(H,11,12);1-2H3. The first-order valence-corrected chi connectivity index (χ1v) is 5.21. The predicted octanol–water partition coefficient (Wildman–Crippen LogP) is 3.71. The molecular weight excluding hydrogens is 172 g/mol. The number of rotatable bonds is 1. The number of aromatic amines is 1. The van der Waals surface area contributed by atoms with Crippen LogP contribution in [0.2, 0.25) is 0 Å². The summed E-state index contributed by atoms with van der Waals surface area (Å²) in [6, 6.07) is 6.22. The maximum absolute atomic E-state index is 4.48. The van der Waals surface area contributed by atoms with E-state index in [1.165, 1.54) is 5.39 Å². The van der Waals surface area contributed by atoms with Crippen LogP contribution in [0.1, 0.15) is 39.3 Å². The average molecular weight is 190 g/mol. The fraction of sp³-hybridized carbons (Fsp3) is 0.417. The molecule has 2 heterocycles. The highest BCUT2D eigenvalue weighted by Gasteiger charge is 2.01. The van der Waals surface area contributed by atoms with Crippen molar-refractivity contribution in [1.82, 2.24) is 9.97 Å². The molecule has 0 saturated carbocycles. The Morgan fingerprint density at radius 2 is 1.86 bits per heavy atom. The van der Waals surface area contributed by atoms with Gasteiger partial charge >= 0.3 is 0 Å². The lowest BCUT2D eigenvalue weighted by Gasteiger charge is -2.02. The summed E-state index contributed by atoms with van der Waals surface area (Å²) in [5, 5.41) is 1.18. The van der Waals surface area contributed by atoms with Gasteiger partial charge in [-0.15, -0.1) is 0 Å². The minimum atomic E-state index is 0.498. The largest absolute Gasteiger partial charge is 0.346 e. The van der Waals surface area contributed by atoms with E-state index >= 15 is 0 Å². The number of aromatic nitrogens is 2. The van der Waals surface area contributed by atoms with E-state index in [4.69, 9.17) is 0 Å². The van der Waals surface area contributed by atoms with Gasteiger partial charge in [0, 0.05) is 17.3 Å². The lowest BCUT2D eigenvalue weighted by Crippen LogP contribution is -1.91. The van der Waals surface area contributed by atoms with Crippen molar-refractivity contribution in [2.24, 2.45) is 0 Å². The maximum atomic E-state index is 4.48. The summed E-state index contributed by atoms with van der Waals surface area (Å²) in [7, 11) is 0. The Morgan fingerprint density at radius 1 is 1.14 bits per heavy atom. The minimum absolute atomic E-state index is 0.498. The first-order valence-electron chi connectivity index (χ1n) is 5.21. The first kappa shape index (κ1) is 10.8. The zero-order chi connectivity index (χ0) is 10.6. The molecule has 0 spiro atoms. The number of nitrogens with one attached hydrogen (secondary N) is 1. The van der Waals surface area contributed by atoms with Gasteiger partial charge in [-0.3, -0.25) is 0 Å². The van der Waals surface area contributed by atoms with Crippen LogP contribution in [0, 0.1) is 0 Å². The van der Waals surface area contributed by atoms with Crippen LogP contribution in [0.4, 0.5) is 0 Å². The van der Waals surface area contributed by atoms with Crippen molar-refractivity contribution < 1.29 is 0 Å². The maximum Gasteiger partial charge on any atom is 0.137 e. The molecule has 0 aliphatic rings. The molecule has 0 aliphatic heterocycles.